The van der Waals surface area contributed by atoms with E-state index in [4.69, 9.17) is 16.0 Å². The molecule has 25 heavy (non-hydrogen) atoms. The van der Waals surface area contributed by atoms with E-state index in [9.17, 15) is 4.79 Å². The normalized spacial score (nSPS) is 10.8. The highest BCUT2D eigenvalue weighted by molar-refractivity contribution is 7.97. The average Bonchev–Trinajstić information content (AvgIpc) is 3.24. The Kier molecular flexibility index (Phi) is 5.45. The number of rotatable bonds is 6. The Morgan fingerprint density at radius 3 is 2.92 bits per heavy atom. The minimum atomic E-state index is -0.248. The molecule has 0 aliphatic carbocycles. The lowest BCUT2D eigenvalue weighted by molar-refractivity contribution is 0.0960. The molecule has 0 aromatic carbocycles. The van der Waals surface area contributed by atoms with E-state index in [0.29, 0.717) is 12.2 Å². The molecule has 0 fully saturated rings. The molecule has 0 radical (unpaired) electrons. The smallest absolute Gasteiger partial charge is 0.294 e. The van der Waals surface area contributed by atoms with E-state index in [1.165, 1.54) is 0 Å². The third-order valence-electron chi connectivity index (χ3n) is 3.57. The second kappa shape index (κ2) is 7.76. The van der Waals surface area contributed by atoms with Crippen LogP contribution in [-0.2, 0) is 5.75 Å². The Hall–Kier alpha value is -2.25. The first kappa shape index (κ1) is 17.6. The van der Waals surface area contributed by atoms with Crippen molar-refractivity contribution in [3.63, 3.8) is 0 Å². The van der Waals surface area contributed by atoms with Crippen molar-refractivity contribution in [1.29, 1.82) is 0 Å². The molecule has 6 nitrogen and oxygen atoms in total. The van der Waals surface area contributed by atoms with Gasteiger partial charge >= 0.3 is 0 Å². The average molecular weight is 377 g/mol. The number of carbonyl (C=O) groups is 1. The van der Waals surface area contributed by atoms with E-state index in [0.717, 1.165) is 17.2 Å². The minimum absolute atomic E-state index is 0.245. The summed E-state index contributed by atoms with van der Waals surface area (Å²) in [5, 5.41) is 4.52. The van der Waals surface area contributed by atoms with Crippen LogP contribution in [0.25, 0.3) is 5.69 Å². The topological polar surface area (TPSA) is 64.2 Å². The summed E-state index contributed by atoms with van der Waals surface area (Å²) in [5.74, 6) is 1.53. The lowest BCUT2D eigenvalue weighted by atomic mass is 10.3. The Morgan fingerprint density at radius 1 is 1.40 bits per heavy atom. The number of thioether (sulfide) groups is 1. The number of furan rings is 1. The molecule has 3 rings (SSSR count). The number of halogens is 1. The van der Waals surface area contributed by atoms with E-state index < -0.39 is 0 Å². The minimum Gasteiger partial charge on any atom is -0.455 e. The quantitative estimate of drug-likeness (QED) is 0.649. The van der Waals surface area contributed by atoms with Gasteiger partial charge in [-0.05, 0) is 37.4 Å². The van der Waals surface area contributed by atoms with Crippen molar-refractivity contribution in [2.45, 2.75) is 12.7 Å². The third-order valence-corrected chi connectivity index (χ3v) is 4.42. The number of hydrogen-bond donors (Lipinski definition) is 0. The molecule has 8 heteroatoms. The summed E-state index contributed by atoms with van der Waals surface area (Å²) in [6.45, 7) is 2.32. The van der Waals surface area contributed by atoms with Crippen LogP contribution in [0.4, 0.5) is 5.69 Å². The Labute approximate surface area is 154 Å². The largest absolute Gasteiger partial charge is 0.455 e. The summed E-state index contributed by atoms with van der Waals surface area (Å²) in [6.07, 6.45) is 7.05. The second-order valence-electron chi connectivity index (χ2n) is 5.21. The Bertz CT molecular complexity index is 863. The van der Waals surface area contributed by atoms with Gasteiger partial charge in [0.15, 0.2) is 10.9 Å². The molecule has 0 N–H and O–H groups in total. The van der Waals surface area contributed by atoms with Crippen LogP contribution >= 0.6 is 23.4 Å². The highest BCUT2D eigenvalue weighted by Gasteiger charge is 2.24. The molecule has 0 saturated carbocycles. The fourth-order valence-electron chi connectivity index (χ4n) is 2.42. The van der Waals surface area contributed by atoms with Gasteiger partial charge in [0.25, 0.3) is 5.91 Å². The molecule has 3 aromatic rings. The molecule has 0 bridgehead atoms. The van der Waals surface area contributed by atoms with Crippen molar-refractivity contribution in [3.8, 4) is 5.69 Å². The van der Waals surface area contributed by atoms with Gasteiger partial charge in [-0.3, -0.25) is 9.78 Å². The first-order valence-corrected chi connectivity index (χ1v) is 9.46. The van der Waals surface area contributed by atoms with E-state index in [2.05, 4.69) is 10.1 Å². The van der Waals surface area contributed by atoms with Gasteiger partial charge in [0, 0.05) is 12.7 Å². The Morgan fingerprint density at radius 2 is 2.24 bits per heavy atom. The lowest BCUT2D eigenvalue weighted by Gasteiger charge is -2.17. The summed E-state index contributed by atoms with van der Waals surface area (Å²) in [4.78, 5) is 18.4. The fourth-order valence-corrected chi connectivity index (χ4v) is 3.09. The molecule has 3 heterocycles. The maximum atomic E-state index is 12.8. The zero-order valence-electron chi connectivity index (χ0n) is 13.8. The highest BCUT2D eigenvalue weighted by atomic mass is 35.5. The van der Waals surface area contributed by atoms with Gasteiger partial charge in [0.2, 0.25) is 0 Å². The molecule has 0 aliphatic rings. The molecule has 3 aromatic heterocycles. The summed E-state index contributed by atoms with van der Waals surface area (Å²) < 4.78 is 7.23. The first-order chi connectivity index (χ1) is 12.1. The number of hydrogen-bond acceptors (Lipinski definition) is 5. The molecule has 0 spiro atoms. The zero-order valence-corrected chi connectivity index (χ0v) is 15.4. The van der Waals surface area contributed by atoms with Gasteiger partial charge < -0.3 is 9.32 Å². The molecule has 0 atom stereocenters. The first-order valence-electron chi connectivity index (χ1n) is 7.69. The van der Waals surface area contributed by atoms with Crippen LogP contribution in [-0.4, -0.2) is 33.5 Å². The number of pyridine rings is 1. The molecular weight excluding hydrogens is 360 g/mol. The van der Waals surface area contributed by atoms with Gasteiger partial charge in [0.05, 0.1) is 23.8 Å². The second-order valence-corrected chi connectivity index (χ2v) is 6.43. The number of aromatic nitrogens is 3. The molecule has 0 aliphatic heterocycles. The van der Waals surface area contributed by atoms with Gasteiger partial charge in [0.1, 0.15) is 11.4 Å². The van der Waals surface area contributed by atoms with Crippen molar-refractivity contribution in [2.24, 2.45) is 0 Å². The SMILES string of the molecule is CCN(C(=O)c1ccc(CSC)o1)c1cn(-c2cccnc2)nc1Cl. The van der Waals surface area contributed by atoms with E-state index >= 15 is 0 Å². The van der Waals surface area contributed by atoms with Crippen molar-refractivity contribution >= 4 is 35.0 Å². The van der Waals surface area contributed by atoms with Crippen LogP contribution in [0, 0.1) is 0 Å². The predicted octanol–water partition coefficient (Wildman–Crippen LogP) is 4.04. The summed E-state index contributed by atoms with van der Waals surface area (Å²) in [6, 6.07) is 7.18. The molecule has 0 saturated heterocycles. The van der Waals surface area contributed by atoms with Crippen LogP contribution in [0.3, 0.4) is 0 Å². The summed E-state index contributed by atoms with van der Waals surface area (Å²) in [5.41, 5.74) is 1.29. The predicted molar refractivity (Wildman–Crippen MR) is 99.6 cm³/mol. The van der Waals surface area contributed by atoms with Crippen LogP contribution in [0.5, 0.6) is 0 Å². The Balaban J connectivity index is 1.90. The van der Waals surface area contributed by atoms with Crippen LogP contribution < -0.4 is 4.90 Å². The monoisotopic (exact) mass is 376 g/mol. The number of carbonyl (C=O) groups excluding carboxylic acids is 1. The van der Waals surface area contributed by atoms with Gasteiger partial charge in [-0.15, -0.1) is 0 Å². The molecular formula is C17H17ClN4O2S. The van der Waals surface area contributed by atoms with Crippen LogP contribution in [0.2, 0.25) is 5.15 Å². The maximum Gasteiger partial charge on any atom is 0.294 e. The number of amides is 1. The summed E-state index contributed by atoms with van der Waals surface area (Å²) >= 11 is 7.91. The highest BCUT2D eigenvalue weighted by Crippen LogP contribution is 2.27. The van der Waals surface area contributed by atoms with Crippen molar-refractivity contribution < 1.29 is 9.21 Å². The molecule has 0 unspecified atom stereocenters. The number of anilines is 1. The van der Waals surface area contributed by atoms with Crippen molar-refractivity contribution in [3.05, 3.63) is 59.5 Å². The molecule has 1 amide bonds. The maximum absolute atomic E-state index is 12.8. The third kappa shape index (κ3) is 3.72. The number of nitrogens with zero attached hydrogens (tertiary/aromatic N) is 4. The zero-order chi connectivity index (χ0) is 17.8. The van der Waals surface area contributed by atoms with E-state index in [1.807, 2.05) is 31.4 Å². The van der Waals surface area contributed by atoms with E-state index in [1.54, 1.807) is 46.0 Å². The van der Waals surface area contributed by atoms with Gasteiger partial charge in [-0.25, -0.2) is 4.68 Å². The van der Waals surface area contributed by atoms with Crippen molar-refractivity contribution in [2.75, 3.05) is 17.7 Å². The van der Waals surface area contributed by atoms with Crippen LogP contribution in [0.1, 0.15) is 23.2 Å². The summed E-state index contributed by atoms with van der Waals surface area (Å²) in [7, 11) is 0. The molecule has 130 valence electrons. The van der Waals surface area contributed by atoms with Gasteiger partial charge in [-0.2, -0.15) is 16.9 Å². The van der Waals surface area contributed by atoms with Crippen LogP contribution in [0.15, 0.2) is 47.3 Å². The lowest BCUT2D eigenvalue weighted by Crippen LogP contribution is -2.30. The fraction of sp³-hybridized carbons (Fsp3) is 0.235. The van der Waals surface area contributed by atoms with Gasteiger partial charge in [-0.1, -0.05) is 11.6 Å². The van der Waals surface area contributed by atoms with E-state index in [-0.39, 0.29) is 16.8 Å². The standard InChI is InChI=1S/C17H17ClN4O2S/c1-3-21(17(23)15-7-6-13(24-15)11-25-2)14-10-22(20-16(14)18)12-5-4-8-19-9-12/h4-10H,3,11H2,1-2H3. The van der Waals surface area contributed by atoms with Crippen molar-refractivity contribution in [1.82, 2.24) is 14.8 Å².